The summed E-state index contributed by atoms with van der Waals surface area (Å²) in [5, 5.41) is 23.3. The molecule has 0 saturated heterocycles. The Morgan fingerprint density at radius 3 is 2.04 bits per heavy atom. The minimum absolute atomic E-state index is 0.0328. The third kappa shape index (κ3) is 3.09. The summed E-state index contributed by atoms with van der Waals surface area (Å²) in [5.74, 6) is 2.61. The second-order valence-corrected chi connectivity index (χ2v) is 5.83. The van der Waals surface area contributed by atoms with E-state index < -0.39 is 12.1 Å². The van der Waals surface area contributed by atoms with Gasteiger partial charge in [-0.05, 0) is 35.4 Å². The average Bonchev–Trinajstić information content (AvgIpc) is 3.29. The Hall–Kier alpha value is -2.48. The highest BCUT2D eigenvalue weighted by Gasteiger charge is 2.26. The quantitative estimate of drug-likeness (QED) is 0.731. The van der Waals surface area contributed by atoms with Crippen molar-refractivity contribution in [1.29, 1.82) is 0 Å². The summed E-state index contributed by atoms with van der Waals surface area (Å²) in [4.78, 5) is 0. The molecule has 0 unspecified atom stereocenters. The number of fused-ring (bicyclic) bond motifs is 2. The van der Waals surface area contributed by atoms with Gasteiger partial charge in [-0.1, -0.05) is 12.1 Å². The topological polar surface area (TPSA) is 89.4 Å². The lowest BCUT2D eigenvalue weighted by atomic mass is 9.95. The molecule has 0 spiro atoms. The lowest BCUT2D eigenvalue weighted by Crippen LogP contribution is -2.29. The largest absolute Gasteiger partial charge is 0.454 e. The van der Waals surface area contributed by atoms with Gasteiger partial charge in [0.1, 0.15) is 0 Å². The second kappa shape index (κ2) is 6.79. The van der Waals surface area contributed by atoms with E-state index in [1.807, 2.05) is 18.2 Å². The zero-order valence-corrected chi connectivity index (χ0v) is 13.5. The van der Waals surface area contributed by atoms with Crippen LogP contribution in [0.4, 0.5) is 0 Å². The van der Waals surface area contributed by atoms with E-state index >= 15 is 0 Å². The van der Waals surface area contributed by atoms with Gasteiger partial charge in [0.15, 0.2) is 23.0 Å². The molecule has 2 atom stereocenters. The Labute approximate surface area is 144 Å². The molecule has 132 valence electrons. The van der Waals surface area contributed by atoms with E-state index in [0.29, 0.717) is 35.1 Å². The number of hydrogen-bond donors (Lipinski definition) is 3. The maximum absolute atomic E-state index is 10.9. The zero-order chi connectivity index (χ0) is 17.2. The molecular formula is C18H19NO6. The molecule has 3 N–H and O–H groups in total. The van der Waals surface area contributed by atoms with Gasteiger partial charge < -0.3 is 34.5 Å². The number of rotatable bonds is 6. The zero-order valence-electron chi connectivity index (χ0n) is 13.5. The number of aliphatic hydroxyl groups is 2. The molecule has 2 aliphatic rings. The fourth-order valence-electron chi connectivity index (χ4n) is 3.03. The van der Waals surface area contributed by atoms with Crippen molar-refractivity contribution in [3.63, 3.8) is 0 Å². The van der Waals surface area contributed by atoms with Crippen LogP contribution < -0.4 is 24.3 Å². The van der Waals surface area contributed by atoms with Crippen LogP contribution in [0.2, 0.25) is 0 Å². The first-order valence-electron chi connectivity index (χ1n) is 8.07. The Morgan fingerprint density at radius 2 is 1.40 bits per heavy atom. The first-order chi connectivity index (χ1) is 12.3. The molecule has 0 bridgehead atoms. The van der Waals surface area contributed by atoms with Crippen LogP contribution >= 0.6 is 0 Å². The molecule has 0 radical (unpaired) electrons. The summed E-state index contributed by atoms with van der Waals surface area (Å²) in [5.41, 5.74) is 1.53. The monoisotopic (exact) mass is 345 g/mol. The van der Waals surface area contributed by atoms with Gasteiger partial charge in [-0.15, -0.1) is 0 Å². The molecule has 7 nitrogen and oxygen atoms in total. The Bertz CT molecular complexity index is 765. The van der Waals surface area contributed by atoms with Crippen LogP contribution in [0, 0.1) is 0 Å². The van der Waals surface area contributed by atoms with Crippen molar-refractivity contribution in [2.45, 2.75) is 12.1 Å². The van der Waals surface area contributed by atoms with E-state index in [0.717, 1.165) is 5.56 Å². The first kappa shape index (κ1) is 16.0. The van der Waals surface area contributed by atoms with E-state index in [1.165, 1.54) is 0 Å². The molecule has 2 aromatic carbocycles. The van der Waals surface area contributed by atoms with Gasteiger partial charge in [0.05, 0.1) is 18.8 Å². The lowest BCUT2D eigenvalue weighted by molar-refractivity contribution is 0.124. The van der Waals surface area contributed by atoms with Gasteiger partial charge in [-0.25, -0.2) is 0 Å². The first-order valence-corrected chi connectivity index (χ1v) is 8.07. The summed E-state index contributed by atoms with van der Waals surface area (Å²) in [6.45, 7) is 0.692. The molecule has 0 aliphatic carbocycles. The normalized spacial score (nSPS) is 16.7. The maximum Gasteiger partial charge on any atom is 0.231 e. The van der Waals surface area contributed by atoms with Crippen molar-refractivity contribution in [2.24, 2.45) is 0 Å². The molecule has 0 amide bonds. The summed E-state index contributed by atoms with van der Waals surface area (Å²) >= 11 is 0. The number of aliphatic hydroxyl groups excluding tert-OH is 2. The van der Waals surface area contributed by atoms with E-state index in [-0.39, 0.29) is 20.2 Å². The Balaban J connectivity index is 1.64. The number of benzene rings is 2. The standard InChI is InChI=1S/C18H19NO6/c20-6-5-19-17(11-1-3-13-15(7-11)24-9-22-13)18(21)12-2-4-14-16(8-12)25-10-23-14/h1-4,7-8,17-21H,5-6,9-10H2/t17-,18+/m0/s1. The summed E-state index contributed by atoms with van der Waals surface area (Å²) in [7, 11) is 0. The molecule has 0 saturated carbocycles. The highest BCUT2D eigenvalue weighted by Crippen LogP contribution is 2.40. The van der Waals surface area contributed by atoms with Gasteiger partial charge in [-0.2, -0.15) is 0 Å². The van der Waals surface area contributed by atoms with E-state index in [2.05, 4.69) is 5.32 Å². The fraction of sp³-hybridized carbons (Fsp3) is 0.333. The fourth-order valence-corrected chi connectivity index (χ4v) is 3.03. The highest BCUT2D eigenvalue weighted by molar-refractivity contribution is 5.48. The van der Waals surface area contributed by atoms with E-state index in [1.54, 1.807) is 18.2 Å². The molecule has 2 heterocycles. The maximum atomic E-state index is 10.9. The van der Waals surface area contributed by atoms with Crippen LogP contribution in [-0.2, 0) is 0 Å². The minimum atomic E-state index is -0.846. The van der Waals surface area contributed by atoms with Crippen molar-refractivity contribution in [3.05, 3.63) is 47.5 Å². The third-order valence-electron chi connectivity index (χ3n) is 4.29. The van der Waals surface area contributed by atoms with Crippen molar-refractivity contribution in [1.82, 2.24) is 5.32 Å². The average molecular weight is 345 g/mol. The molecule has 2 aliphatic heterocycles. The molecule has 0 aromatic heterocycles. The van der Waals surface area contributed by atoms with Crippen molar-refractivity contribution in [3.8, 4) is 23.0 Å². The number of nitrogens with one attached hydrogen (secondary N) is 1. The highest BCUT2D eigenvalue weighted by atomic mass is 16.7. The number of hydrogen-bond acceptors (Lipinski definition) is 7. The van der Waals surface area contributed by atoms with Gasteiger partial charge in [0, 0.05) is 6.54 Å². The molecular weight excluding hydrogens is 326 g/mol. The van der Waals surface area contributed by atoms with Crippen LogP contribution in [0.3, 0.4) is 0 Å². The minimum Gasteiger partial charge on any atom is -0.454 e. The summed E-state index contributed by atoms with van der Waals surface area (Å²) in [6, 6.07) is 10.5. The van der Waals surface area contributed by atoms with Crippen LogP contribution in [0.5, 0.6) is 23.0 Å². The van der Waals surface area contributed by atoms with Crippen LogP contribution in [0.1, 0.15) is 23.3 Å². The Kier molecular flexibility index (Phi) is 4.35. The predicted molar refractivity (Wildman–Crippen MR) is 87.9 cm³/mol. The van der Waals surface area contributed by atoms with Crippen molar-refractivity contribution >= 4 is 0 Å². The van der Waals surface area contributed by atoms with E-state index in [4.69, 9.17) is 18.9 Å². The smallest absolute Gasteiger partial charge is 0.231 e. The van der Waals surface area contributed by atoms with Gasteiger partial charge >= 0.3 is 0 Å². The predicted octanol–water partition coefficient (Wildman–Crippen LogP) is 1.50. The number of ether oxygens (including phenoxy) is 4. The van der Waals surface area contributed by atoms with Gasteiger partial charge in [0.2, 0.25) is 13.6 Å². The summed E-state index contributed by atoms with van der Waals surface area (Å²) < 4.78 is 21.5. The van der Waals surface area contributed by atoms with Crippen LogP contribution in [0.25, 0.3) is 0 Å². The summed E-state index contributed by atoms with van der Waals surface area (Å²) in [6.07, 6.45) is -0.846. The van der Waals surface area contributed by atoms with Crippen LogP contribution in [-0.4, -0.2) is 37.0 Å². The van der Waals surface area contributed by atoms with Crippen molar-refractivity contribution < 1.29 is 29.2 Å². The van der Waals surface area contributed by atoms with E-state index in [9.17, 15) is 10.2 Å². The molecule has 0 fully saturated rings. The van der Waals surface area contributed by atoms with Crippen molar-refractivity contribution in [2.75, 3.05) is 26.7 Å². The molecule has 7 heteroatoms. The molecule has 2 aromatic rings. The third-order valence-corrected chi connectivity index (χ3v) is 4.29. The molecule has 25 heavy (non-hydrogen) atoms. The van der Waals surface area contributed by atoms with Gasteiger partial charge in [-0.3, -0.25) is 0 Å². The Morgan fingerprint density at radius 1 is 0.840 bits per heavy atom. The lowest BCUT2D eigenvalue weighted by Gasteiger charge is -2.25. The van der Waals surface area contributed by atoms with Gasteiger partial charge in [0.25, 0.3) is 0 Å². The molecule has 4 rings (SSSR count). The SMILES string of the molecule is OCCN[C@@H](c1ccc2c(c1)OCO2)[C@H](O)c1ccc2c(c1)OCO2. The van der Waals surface area contributed by atoms with Crippen LogP contribution in [0.15, 0.2) is 36.4 Å². The second-order valence-electron chi connectivity index (χ2n) is 5.83.